The van der Waals surface area contributed by atoms with Gasteiger partial charge in [-0.2, -0.15) is 5.26 Å². The molecule has 0 amide bonds. The van der Waals surface area contributed by atoms with Crippen molar-refractivity contribution < 1.29 is 4.74 Å². The predicted molar refractivity (Wildman–Crippen MR) is 120 cm³/mol. The molecule has 1 aliphatic rings. The number of nitriles is 1. The Balaban J connectivity index is 0.000000217. The average Bonchev–Trinajstić information content (AvgIpc) is 3.29. The molecule has 3 heteroatoms. The lowest BCUT2D eigenvalue weighted by Gasteiger charge is -1.95. The van der Waals surface area contributed by atoms with E-state index in [9.17, 15) is 0 Å². The van der Waals surface area contributed by atoms with Gasteiger partial charge in [-0.25, -0.2) is 4.99 Å². The molecule has 0 N–H and O–H groups in total. The van der Waals surface area contributed by atoms with E-state index in [4.69, 9.17) is 10.00 Å². The summed E-state index contributed by atoms with van der Waals surface area (Å²) in [6.45, 7) is 10.7. The van der Waals surface area contributed by atoms with E-state index >= 15 is 0 Å². The first-order valence-electron chi connectivity index (χ1n) is 8.96. The predicted octanol–water partition coefficient (Wildman–Crippen LogP) is 6.10. The molecule has 0 spiro atoms. The van der Waals surface area contributed by atoms with Crippen molar-refractivity contribution in [2.45, 2.75) is 6.92 Å². The smallest absolute Gasteiger partial charge is 0.211 e. The Morgan fingerprint density at radius 3 is 2.04 bits per heavy atom. The maximum absolute atomic E-state index is 8.19. The molecule has 0 radical (unpaired) electrons. The lowest BCUT2D eigenvalue weighted by Crippen LogP contribution is -1.97. The summed E-state index contributed by atoms with van der Waals surface area (Å²) in [4.78, 5) is 4.03. The largest absolute Gasteiger partial charge is 0.476 e. The Morgan fingerprint density at radius 1 is 1.04 bits per heavy atom. The van der Waals surface area contributed by atoms with Crippen LogP contribution in [0.15, 0.2) is 103 Å². The third-order valence-electron chi connectivity index (χ3n) is 3.36. The van der Waals surface area contributed by atoms with Gasteiger partial charge in [0, 0.05) is 11.6 Å². The second-order valence-corrected chi connectivity index (χ2v) is 5.69. The summed E-state index contributed by atoms with van der Waals surface area (Å²) in [6, 6.07) is 21.9. The zero-order valence-electron chi connectivity index (χ0n) is 16.3. The van der Waals surface area contributed by atoms with Crippen molar-refractivity contribution >= 4 is 18.0 Å². The Bertz CT molecular complexity index is 841. The normalized spacial score (nSPS) is 11.9. The Hall–Kier alpha value is -3.64. The van der Waals surface area contributed by atoms with Gasteiger partial charge in [0.2, 0.25) is 5.90 Å². The number of aliphatic imine (C=N–C) groups is 1. The summed E-state index contributed by atoms with van der Waals surface area (Å²) >= 11 is 0. The van der Waals surface area contributed by atoms with Crippen molar-refractivity contribution in [1.82, 2.24) is 0 Å². The second kappa shape index (κ2) is 14.5. The fourth-order valence-electron chi connectivity index (χ4n) is 2.01. The van der Waals surface area contributed by atoms with E-state index in [0.29, 0.717) is 0 Å². The molecule has 0 aliphatic carbocycles. The minimum absolute atomic E-state index is 0.724. The van der Waals surface area contributed by atoms with Gasteiger partial charge in [-0.1, -0.05) is 98.1 Å². The monoisotopic (exact) mass is 370 g/mol. The van der Waals surface area contributed by atoms with Crippen LogP contribution in [-0.2, 0) is 4.74 Å². The van der Waals surface area contributed by atoms with E-state index < -0.39 is 0 Å². The molecule has 0 aromatic heterocycles. The highest BCUT2D eigenvalue weighted by molar-refractivity contribution is 5.93. The molecule has 142 valence electrons. The van der Waals surface area contributed by atoms with Gasteiger partial charge in [0.15, 0.2) is 0 Å². The topological polar surface area (TPSA) is 45.4 Å². The molecule has 3 nitrogen and oxygen atoms in total. The molecule has 0 saturated heterocycles. The molecule has 3 rings (SSSR count). The molecule has 0 fully saturated rings. The van der Waals surface area contributed by atoms with Crippen LogP contribution in [-0.4, -0.2) is 19.0 Å². The van der Waals surface area contributed by atoms with Gasteiger partial charge in [-0.05, 0) is 18.1 Å². The quantitative estimate of drug-likeness (QED) is 0.482. The van der Waals surface area contributed by atoms with Crippen LogP contribution in [0.2, 0.25) is 0 Å². The van der Waals surface area contributed by atoms with Gasteiger partial charge >= 0.3 is 0 Å². The molecule has 0 bridgehead atoms. The maximum Gasteiger partial charge on any atom is 0.211 e. The summed E-state index contributed by atoms with van der Waals surface area (Å²) in [5, 5.41) is 8.19. The Kier molecular flexibility index (Phi) is 11.6. The van der Waals surface area contributed by atoms with Crippen LogP contribution in [0.5, 0.6) is 0 Å². The molecule has 1 aliphatic heterocycles. The maximum atomic E-state index is 8.19. The highest BCUT2D eigenvalue weighted by Crippen LogP contribution is 2.01. The van der Waals surface area contributed by atoms with Crippen molar-refractivity contribution in [3.63, 3.8) is 0 Å². The van der Waals surface area contributed by atoms with Gasteiger partial charge in [0.1, 0.15) is 6.61 Å². The summed E-state index contributed by atoms with van der Waals surface area (Å²) in [6.07, 6.45) is 8.79. The van der Waals surface area contributed by atoms with Gasteiger partial charge in [0.25, 0.3) is 0 Å². The third-order valence-corrected chi connectivity index (χ3v) is 3.36. The zero-order chi connectivity index (χ0) is 20.5. The van der Waals surface area contributed by atoms with Crippen molar-refractivity contribution in [3.05, 3.63) is 109 Å². The van der Waals surface area contributed by atoms with Crippen molar-refractivity contribution in [1.29, 1.82) is 5.26 Å². The molecular weight excluding hydrogens is 344 g/mol. The lowest BCUT2D eigenvalue weighted by atomic mass is 10.2. The Morgan fingerprint density at radius 2 is 1.64 bits per heavy atom. The van der Waals surface area contributed by atoms with Crippen LogP contribution < -0.4 is 0 Å². The molecule has 2 aromatic carbocycles. The number of hydrogen-bond acceptors (Lipinski definition) is 3. The molecule has 1 heterocycles. The van der Waals surface area contributed by atoms with E-state index in [0.717, 1.165) is 30.2 Å². The van der Waals surface area contributed by atoms with Crippen molar-refractivity contribution in [2.75, 3.05) is 13.2 Å². The van der Waals surface area contributed by atoms with Gasteiger partial charge in [0.05, 0.1) is 12.6 Å². The molecular formula is C25H26N2O. The average molecular weight is 370 g/mol. The molecule has 28 heavy (non-hydrogen) atoms. The Labute approximate surface area is 168 Å². The van der Waals surface area contributed by atoms with Crippen LogP contribution in [0.4, 0.5) is 0 Å². The van der Waals surface area contributed by atoms with Crippen LogP contribution in [0.3, 0.4) is 0 Å². The van der Waals surface area contributed by atoms with E-state index in [2.05, 4.69) is 18.2 Å². The molecule has 0 atom stereocenters. The summed E-state index contributed by atoms with van der Waals surface area (Å²) in [7, 11) is 0. The van der Waals surface area contributed by atoms with Crippen molar-refractivity contribution in [3.8, 4) is 6.07 Å². The molecule has 0 saturated carbocycles. The number of ether oxygens (including phenoxy) is 1. The van der Waals surface area contributed by atoms with Crippen LogP contribution in [0.25, 0.3) is 12.2 Å². The fraction of sp³-hybridized carbons (Fsp3) is 0.120. The number of rotatable bonds is 4. The van der Waals surface area contributed by atoms with E-state index in [1.54, 1.807) is 6.08 Å². The highest BCUT2D eigenvalue weighted by Gasteiger charge is 2.05. The van der Waals surface area contributed by atoms with Gasteiger partial charge < -0.3 is 4.74 Å². The number of nitrogens with zero attached hydrogens (tertiary/aromatic N) is 2. The highest BCUT2D eigenvalue weighted by atomic mass is 16.5. The van der Waals surface area contributed by atoms with Crippen LogP contribution in [0.1, 0.15) is 18.1 Å². The lowest BCUT2D eigenvalue weighted by molar-refractivity contribution is 0.347. The first-order valence-corrected chi connectivity index (χ1v) is 8.96. The molecule has 0 unspecified atom stereocenters. The van der Waals surface area contributed by atoms with Gasteiger partial charge in [-0.3, -0.25) is 0 Å². The first kappa shape index (κ1) is 22.4. The third kappa shape index (κ3) is 10.4. The molecule has 2 aromatic rings. The summed E-state index contributed by atoms with van der Waals surface area (Å²) < 4.78 is 5.06. The first-order chi connectivity index (χ1) is 13.7. The SMILES string of the molecule is C=C(C)C1=NCCO1.C=Cc1ccccc1.N#CC=CC=Cc1ccccc1. The van der Waals surface area contributed by atoms with E-state index in [1.807, 2.05) is 91.9 Å². The minimum atomic E-state index is 0.724. The van der Waals surface area contributed by atoms with E-state index in [-0.39, 0.29) is 0 Å². The minimum Gasteiger partial charge on any atom is -0.476 e. The van der Waals surface area contributed by atoms with Crippen LogP contribution >= 0.6 is 0 Å². The zero-order valence-corrected chi connectivity index (χ0v) is 16.3. The standard InChI is InChI=1S/C11H9N.C8H8.C6H9NO/c12-10-6-2-5-9-11-7-3-1-4-8-11;1-2-8-6-4-3-5-7-8;1-5(2)6-7-3-4-8-6/h1-9H;2-7H,1H2;1,3-4H2,2H3. The van der Waals surface area contributed by atoms with Crippen LogP contribution in [0, 0.1) is 11.3 Å². The fourth-order valence-corrected chi connectivity index (χ4v) is 2.01. The second-order valence-electron chi connectivity index (χ2n) is 5.69. The van der Waals surface area contributed by atoms with E-state index in [1.165, 1.54) is 11.6 Å². The number of hydrogen-bond donors (Lipinski definition) is 0. The summed E-state index contributed by atoms with van der Waals surface area (Å²) in [5.41, 5.74) is 3.23. The summed E-state index contributed by atoms with van der Waals surface area (Å²) in [5.74, 6) is 0.727. The number of allylic oxidation sites excluding steroid dienone is 3. The number of benzene rings is 2. The van der Waals surface area contributed by atoms with Gasteiger partial charge in [-0.15, -0.1) is 0 Å². The van der Waals surface area contributed by atoms with Crippen molar-refractivity contribution in [2.24, 2.45) is 4.99 Å².